The van der Waals surface area contributed by atoms with Gasteiger partial charge in [-0.15, -0.1) is 0 Å². The van der Waals surface area contributed by atoms with E-state index in [9.17, 15) is 4.79 Å². The monoisotopic (exact) mass is 291 g/mol. The average molecular weight is 291 g/mol. The lowest BCUT2D eigenvalue weighted by Gasteiger charge is -2.31. The highest BCUT2D eigenvalue weighted by Gasteiger charge is 2.23. The Morgan fingerprint density at radius 1 is 1.33 bits per heavy atom. The molecule has 0 saturated carbocycles. The number of methoxy groups -OCH3 is 1. The molecule has 1 aliphatic rings. The number of piperidine rings is 1. The van der Waals surface area contributed by atoms with E-state index in [0.717, 1.165) is 32.5 Å². The number of rotatable bonds is 4. The van der Waals surface area contributed by atoms with Gasteiger partial charge in [0.15, 0.2) is 5.84 Å². The van der Waals surface area contributed by atoms with E-state index in [-0.39, 0.29) is 11.7 Å². The summed E-state index contributed by atoms with van der Waals surface area (Å²) in [4.78, 5) is 14.3. The Hall–Kier alpha value is -2.08. The lowest BCUT2D eigenvalue weighted by atomic mass is 9.97. The van der Waals surface area contributed by atoms with E-state index < -0.39 is 0 Å². The molecule has 1 fully saturated rings. The summed E-state index contributed by atoms with van der Waals surface area (Å²) in [6.07, 6.45) is 1.95. The summed E-state index contributed by atoms with van der Waals surface area (Å²) >= 11 is 0. The highest BCUT2D eigenvalue weighted by Crippen LogP contribution is 2.19. The average Bonchev–Trinajstić information content (AvgIpc) is 2.54. The highest BCUT2D eigenvalue weighted by molar-refractivity contribution is 5.99. The number of carbonyl (C=O) groups is 1. The quantitative estimate of drug-likeness (QED) is 0.378. The van der Waals surface area contributed by atoms with Crippen molar-refractivity contribution in [1.29, 1.82) is 0 Å². The van der Waals surface area contributed by atoms with E-state index in [4.69, 9.17) is 15.7 Å². The maximum Gasteiger partial charge on any atom is 0.253 e. The van der Waals surface area contributed by atoms with Crippen molar-refractivity contribution in [3.8, 4) is 0 Å². The van der Waals surface area contributed by atoms with Crippen molar-refractivity contribution in [3.63, 3.8) is 0 Å². The molecule has 1 heterocycles. The number of likely N-dealkylation sites (tertiary alicyclic amines) is 1. The van der Waals surface area contributed by atoms with Crippen LogP contribution in [0.1, 0.15) is 28.8 Å². The van der Waals surface area contributed by atoms with Gasteiger partial charge in [-0.1, -0.05) is 17.3 Å². The molecule has 1 saturated heterocycles. The van der Waals surface area contributed by atoms with Crippen molar-refractivity contribution in [2.45, 2.75) is 12.8 Å². The van der Waals surface area contributed by atoms with Gasteiger partial charge in [0.1, 0.15) is 0 Å². The molecule has 21 heavy (non-hydrogen) atoms. The normalized spacial score (nSPS) is 17.0. The first-order valence-corrected chi connectivity index (χ1v) is 7.02. The maximum absolute atomic E-state index is 12.4. The van der Waals surface area contributed by atoms with Gasteiger partial charge in [-0.2, -0.15) is 0 Å². The number of ether oxygens (including phenoxy) is 1. The fraction of sp³-hybridized carbons (Fsp3) is 0.467. The molecule has 1 amide bonds. The van der Waals surface area contributed by atoms with E-state index in [2.05, 4.69) is 5.16 Å². The topological polar surface area (TPSA) is 88.2 Å². The highest BCUT2D eigenvalue weighted by atomic mass is 16.5. The number of benzene rings is 1. The van der Waals surface area contributed by atoms with Gasteiger partial charge in [0.25, 0.3) is 5.91 Å². The molecule has 6 nitrogen and oxygen atoms in total. The van der Waals surface area contributed by atoms with Gasteiger partial charge in [-0.05, 0) is 30.9 Å². The van der Waals surface area contributed by atoms with Crippen LogP contribution in [-0.2, 0) is 4.74 Å². The van der Waals surface area contributed by atoms with Crippen LogP contribution in [0.3, 0.4) is 0 Å². The summed E-state index contributed by atoms with van der Waals surface area (Å²) in [5.41, 5.74) is 6.71. The zero-order valence-electron chi connectivity index (χ0n) is 12.2. The van der Waals surface area contributed by atoms with Crippen molar-refractivity contribution in [2.24, 2.45) is 16.8 Å². The van der Waals surface area contributed by atoms with E-state index in [1.807, 2.05) is 4.90 Å². The Bertz CT molecular complexity index is 505. The first kappa shape index (κ1) is 15.3. The number of hydrogen-bond donors (Lipinski definition) is 2. The van der Waals surface area contributed by atoms with Crippen LogP contribution in [0.15, 0.2) is 29.4 Å². The molecule has 0 aliphatic carbocycles. The molecule has 0 aromatic heterocycles. The summed E-state index contributed by atoms with van der Waals surface area (Å²) < 4.78 is 5.16. The molecule has 3 N–H and O–H groups in total. The summed E-state index contributed by atoms with van der Waals surface area (Å²) in [7, 11) is 1.71. The van der Waals surface area contributed by atoms with Crippen molar-refractivity contribution < 1.29 is 14.7 Å². The third kappa shape index (κ3) is 3.72. The predicted octanol–water partition coefficient (Wildman–Crippen LogP) is 1.28. The van der Waals surface area contributed by atoms with E-state index in [0.29, 0.717) is 17.0 Å². The number of nitrogens with zero attached hydrogens (tertiary/aromatic N) is 2. The molecule has 2 rings (SSSR count). The molecule has 0 bridgehead atoms. The molecule has 114 valence electrons. The van der Waals surface area contributed by atoms with E-state index in [1.54, 1.807) is 31.4 Å². The van der Waals surface area contributed by atoms with Gasteiger partial charge < -0.3 is 20.6 Å². The summed E-state index contributed by atoms with van der Waals surface area (Å²) in [5, 5.41) is 11.6. The second kappa shape index (κ2) is 7.08. The molecule has 6 heteroatoms. The molecular weight excluding hydrogens is 270 g/mol. The minimum absolute atomic E-state index is 0.0249. The largest absolute Gasteiger partial charge is 0.409 e. The van der Waals surface area contributed by atoms with E-state index >= 15 is 0 Å². The molecule has 0 unspecified atom stereocenters. The molecule has 1 aromatic rings. The van der Waals surface area contributed by atoms with Crippen LogP contribution in [0.4, 0.5) is 0 Å². The number of nitrogens with two attached hydrogens (primary N) is 1. The second-order valence-electron chi connectivity index (χ2n) is 5.25. The number of amidine groups is 1. The van der Waals surface area contributed by atoms with Crippen LogP contribution < -0.4 is 5.73 Å². The number of oxime groups is 1. The van der Waals surface area contributed by atoms with Crippen molar-refractivity contribution >= 4 is 11.7 Å². The zero-order valence-corrected chi connectivity index (χ0v) is 12.2. The van der Waals surface area contributed by atoms with Crippen molar-refractivity contribution in [1.82, 2.24) is 4.90 Å². The number of carbonyl (C=O) groups excluding carboxylic acids is 1. The Kier molecular flexibility index (Phi) is 5.16. The fourth-order valence-corrected chi connectivity index (χ4v) is 2.56. The number of hydrogen-bond acceptors (Lipinski definition) is 4. The lowest BCUT2D eigenvalue weighted by Crippen LogP contribution is -2.39. The van der Waals surface area contributed by atoms with Gasteiger partial charge >= 0.3 is 0 Å². The molecule has 1 aromatic carbocycles. The van der Waals surface area contributed by atoms with Crippen LogP contribution in [0, 0.1) is 5.92 Å². The Balaban J connectivity index is 1.98. The molecule has 0 radical (unpaired) electrons. The molecule has 0 spiro atoms. The first-order chi connectivity index (χ1) is 10.2. The lowest BCUT2D eigenvalue weighted by molar-refractivity contribution is 0.0613. The van der Waals surface area contributed by atoms with Gasteiger partial charge in [0, 0.05) is 37.9 Å². The van der Waals surface area contributed by atoms with Crippen LogP contribution in [0.2, 0.25) is 0 Å². The third-order valence-corrected chi connectivity index (χ3v) is 3.84. The third-order valence-electron chi connectivity index (χ3n) is 3.84. The van der Waals surface area contributed by atoms with Crippen LogP contribution >= 0.6 is 0 Å². The zero-order chi connectivity index (χ0) is 15.2. The Morgan fingerprint density at radius 3 is 2.43 bits per heavy atom. The molecular formula is C15H21N3O3. The molecule has 0 atom stereocenters. The summed E-state index contributed by atoms with van der Waals surface area (Å²) in [6.45, 7) is 2.28. The summed E-state index contributed by atoms with van der Waals surface area (Å²) in [6, 6.07) is 6.77. The molecule has 1 aliphatic heterocycles. The van der Waals surface area contributed by atoms with Crippen molar-refractivity contribution in [3.05, 3.63) is 35.4 Å². The fourth-order valence-electron chi connectivity index (χ4n) is 2.56. The Morgan fingerprint density at radius 2 is 1.90 bits per heavy atom. The minimum Gasteiger partial charge on any atom is -0.409 e. The van der Waals surface area contributed by atoms with Crippen LogP contribution in [-0.4, -0.2) is 48.7 Å². The number of amides is 1. The van der Waals surface area contributed by atoms with Crippen LogP contribution in [0.25, 0.3) is 0 Å². The maximum atomic E-state index is 12.4. The first-order valence-electron chi connectivity index (χ1n) is 7.02. The van der Waals surface area contributed by atoms with Crippen molar-refractivity contribution in [2.75, 3.05) is 26.8 Å². The van der Waals surface area contributed by atoms with E-state index in [1.165, 1.54) is 0 Å². The second-order valence-corrected chi connectivity index (χ2v) is 5.25. The Labute approximate surface area is 124 Å². The van der Waals surface area contributed by atoms with Gasteiger partial charge in [0.05, 0.1) is 0 Å². The standard InChI is InChI=1S/C15H21N3O3/c1-21-10-11-6-8-18(9-7-11)15(19)13-4-2-12(3-5-13)14(16)17-20/h2-5,11,20H,6-10H2,1H3,(H2,16,17). The summed E-state index contributed by atoms with van der Waals surface area (Å²) in [5.74, 6) is 0.605. The van der Waals surface area contributed by atoms with Gasteiger partial charge in [-0.25, -0.2) is 0 Å². The minimum atomic E-state index is 0.0249. The van der Waals surface area contributed by atoms with Crippen LogP contribution in [0.5, 0.6) is 0 Å². The van der Waals surface area contributed by atoms with Gasteiger partial charge in [0.2, 0.25) is 0 Å². The SMILES string of the molecule is COCC1CCN(C(=O)c2ccc(C(N)=NO)cc2)CC1. The predicted molar refractivity (Wildman–Crippen MR) is 79.5 cm³/mol. The van der Waals surface area contributed by atoms with Gasteiger partial charge in [-0.3, -0.25) is 4.79 Å². The smallest absolute Gasteiger partial charge is 0.253 e.